The standard InChI is InChI=1S/C24H19N3O3/c1-29-15-19-18-6-2-3-7-21(18)30-23(19)24(28)25-17-11-9-16(10-12-17)20-14-27-13-5-4-8-22(27)26-20/h2-14H,15H2,1H3,(H,25,28). The Morgan fingerprint density at radius 3 is 2.67 bits per heavy atom. The second kappa shape index (κ2) is 7.50. The molecule has 5 rings (SSSR count). The first-order valence-electron chi connectivity index (χ1n) is 9.58. The Morgan fingerprint density at radius 2 is 1.87 bits per heavy atom. The molecule has 2 aromatic carbocycles. The molecule has 0 aliphatic rings. The highest BCUT2D eigenvalue weighted by molar-refractivity contribution is 6.06. The number of carbonyl (C=O) groups is 1. The lowest BCUT2D eigenvalue weighted by molar-refractivity contribution is 0.0992. The number of furan rings is 1. The maximum Gasteiger partial charge on any atom is 0.291 e. The minimum absolute atomic E-state index is 0.266. The molecule has 0 atom stereocenters. The van der Waals surface area contributed by atoms with Crippen LogP contribution >= 0.6 is 0 Å². The van der Waals surface area contributed by atoms with Gasteiger partial charge in [-0.1, -0.05) is 36.4 Å². The number of benzene rings is 2. The summed E-state index contributed by atoms with van der Waals surface area (Å²) in [6.45, 7) is 0.298. The summed E-state index contributed by atoms with van der Waals surface area (Å²) in [4.78, 5) is 17.5. The molecule has 0 aliphatic carbocycles. The number of anilines is 1. The molecule has 0 saturated heterocycles. The fourth-order valence-electron chi connectivity index (χ4n) is 3.56. The first kappa shape index (κ1) is 18.1. The van der Waals surface area contributed by atoms with E-state index in [0.717, 1.165) is 27.9 Å². The van der Waals surface area contributed by atoms with Crippen molar-refractivity contribution in [1.29, 1.82) is 0 Å². The molecule has 6 heteroatoms. The second-order valence-electron chi connectivity index (χ2n) is 6.96. The van der Waals surface area contributed by atoms with E-state index < -0.39 is 0 Å². The molecule has 1 N–H and O–H groups in total. The number of carbonyl (C=O) groups excluding carboxylic acids is 1. The van der Waals surface area contributed by atoms with E-state index in [1.165, 1.54) is 0 Å². The van der Waals surface area contributed by atoms with E-state index in [2.05, 4.69) is 10.3 Å². The molecule has 0 saturated carbocycles. The zero-order valence-electron chi connectivity index (χ0n) is 16.3. The highest BCUT2D eigenvalue weighted by atomic mass is 16.5. The van der Waals surface area contributed by atoms with Crippen LogP contribution in [0.25, 0.3) is 27.9 Å². The number of amides is 1. The van der Waals surface area contributed by atoms with Gasteiger partial charge < -0.3 is 18.9 Å². The summed E-state index contributed by atoms with van der Waals surface area (Å²) in [5.74, 6) is -0.0405. The van der Waals surface area contributed by atoms with Crippen LogP contribution < -0.4 is 5.32 Å². The molecule has 0 radical (unpaired) electrons. The van der Waals surface area contributed by atoms with Crippen molar-refractivity contribution >= 4 is 28.2 Å². The maximum absolute atomic E-state index is 12.9. The Kier molecular flexibility index (Phi) is 4.53. The van der Waals surface area contributed by atoms with Gasteiger partial charge in [-0.2, -0.15) is 0 Å². The molecule has 1 amide bonds. The summed E-state index contributed by atoms with van der Waals surface area (Å²) in [6, 6.07) is 21.0. The van der Waals surface area contributed by atoms with Gasteiger partial charge in [0.05, 0.1) is 12.3 Å². The van der Waals surface area contributed by atoms with E-state index in [1.807, 2.05) is 83.5 Å². The quantitative estimate of drug-likeness (QED) is 0.445. The largest absolute Gasteiger partial charge is 0.451 e. The number of methoxy groups -OCH3 is 1. The van der Waals surface area contributed by atoms with Crippen LogP contribution in [0.2, 0.25) is 0 Å². The van der Waals surface area contributed by atoms with Crippen molar-refractivity contribution in [2.24, 2.45) is 0 Å². The average molecular weight is 397 g/mol. The molecular formula is C24H19N3O3. The summed E-state index contributed by atoms with van der Waals surface area (Å²) in [5, 5.41) is 3.79. The molecule has 0 bridgehead atoms. The number of hydrogen-bond acceptors (Lipinski definition) is 4. The number of nitrogens with zero attached hydrogens (tertiary/aromatic N) is 2. The summed E-state index contributed by atoms with van der Waals surface area (Å²) < 4.78 is 13.1. The minimum atomic E-state index is -0.307. The molecule has 30 heavy (non-hydrogen) atoms. The van der Waals surface area contributed by atoms with Gasteiger partial charge in [-0.05, 0) is 30.3 Å². The second-order valence-corrected chi connectivity index (χ2v) is 6.96. The van der Waals surface area contributed by atoms with Crippen molar-refractivity contribution in [1.82, 2.24) is 9.38 Å². The fourth-order valence-corrected chi connectivity index (χ4v) is 3.56. The van der Waals surface area contributed by atoms with Gasteiger partial charge in [-0.15, -0.1) is 0 Å². The number of imidazole rings is 1. The highest BCUT2D eigenvalue weighted by Gasteiger charge is 2.20. The average Bonchev–Trinajstić information content (AvgIpc) is 3.37. The third-order valence-electron chi connectivity index (χ3n) is 5.00. The Labute approximate surface area is 172 Å². The van der Waals surface area contributed by atoms with Crippen LogP contribution in [-0.4, -0.2) is 22.4 Å². The van der Waals surface area contributed by atoms with Gasteiger partial charge in [0.25, 0.3) is 5.91 Å². The third-order valence-corrected chi connectivity index (χ3v) is 5.00. The summed E-state index contributed by atoms with van der Waals surface area (Å²) in [7, 11) is 1.60. The molecule has 6 nitrogen and oxygen atoms in total. The van der Waals surface area contributed by atoms with Crippen molar-refractivity contribution in [2.75, 3.05) is 12.4 Å². The predicted octanol–water partition coefficient (Wildman–Crippen LogP) is 5.15. The van der Waals surface area contributed by atoms with Gasteiger partial charge in [-0.25, -0.2) is 4.98 Å². The Morgan fingerprint density at radius 1 is 1.07 bits per heavy atom. The summed E-state index contributed by atoms with van der Waals surface area (Å²) >= 11 is 0. The van der Waals surface area contributed by atoms with Crippen molar-refractivity contribution < 1.29 is 13.9 Å². The smallest absolute Gasteiger partial charge is 0.291 e. The Bertz CT molecular complexity index is 1320. The number of rotatable bonds is 5. The van der Waals surface area contributed by atoms with Gasteiger partial charge in [0.15, 0.2) is 5.76 Å². The van der Waals surface area contributed by atoms with E-state index in [9.17, 15) is 4.79 Å². The van der Waals surface area contributed by atoms with Crippen LogP contribution in [0.3, 0.4) is 0 Å². The van der Waals surface area contributed by atoms with Gasteiger partial charge in [0, 0.05) is 41.7 Å². The normalized spacial score (nSPS) is 11.2. The molecule has 5 aromatic rings. The highest BCUT2D eigenvalue weighted by Crippen LogP contribution is 2.28. The first-order valence-corrected chi connectivity index (χ1v) is 9.58. The van der Waals surface area contributed by atoms with E-state index in [1.54, 1.807) is 7.11 Å². The van der Waals surface area contributed by atoms with E-state index in [4.69, 9.17) is 9.15 Å². The zero-order chi connectivity index (χ0) is 20.5. The van der Waals surface area contributed by atoms with Crippen molar-refractivity contribution in [3.05, 3.63) is 90.4 Å². The number of nitrogens with one attached hydrogen (secondary N) is 1. The zero-order valence-corrected chi connectivity index (χ0v) is 16.3. The number of fused-ring (bicyclic) bond motifs is 2. The number of pyridine rings is 1. The molecule has 0 aliphatic heterocycles. The topological polar surface area (TPSA) is 68.8 Å². The lowest BCUT2D eigenvalue weighted by atomic mass is 10.1. The molecule has 148 valence electrons. The Hall–Kier alpha value is -3.90. The van der Waals surface area contributed by atoms with Crippen LogP contribution in [-0.2, 0) is 11.3 Å². The summed E-state index contributed by atoms with van der Waals surface area (Å²) in [6.07, 6.45) is 3.94. The third kappa shape index (κ3) is 3.23. The van der Waals surface area contributed by atoms with Crippen molar-refractivity contribution in [3.63, 3.8) is 0 Å². The monoisotopic (exact) mass is 397 g/mol. The minimum Gasteiger partial charge on any atom is -0.451 e. The van der Waals surface area contributed by atoms with Crippen LogP contribution in [0.1, 0.15) is 16.1 Å². The Balaban J connectivity index is 1.40. The SMILES string of the molecule is COCc1c(C(=O)Nc2ccc(-c3cn4ccccc4n3)cc2)oc2ccccc12. The molecule has 0 spiro atoms. The first-order chi connectivity index (χ1) is 14.7. The number of ether oxygens (including phenoxy) is 1. The molecular weight excluding hydrogens is 378 g/mol. The van der Waals surface area contributed by atoms with Gasteiger partial charge >= 0.3 is 0 Å². The predicted molar refractivity (Wildman–Crippen MR) is 116 cm³/mol. The van der Waals surface area contributed by atoms with Crippen LogP contribution in [0.5, 0.6) is 0 Å². The van der Waals surface area contributed by atoms with Gasteiger partial charge in [0.2, 0.25) is 0 Å². The number of aromatic nitrogens is 2. The molecule has 3 aromatic heterocycles. The van der Waals surface area contributed by atoms with Crippen molar-refractivity contribution in [3.8, 4) is 11.3 Å². The van der Waals surface area contributed by atoms with E-state index >= 15 is 0 Å². The van der Waals surface area contributed by atoms with Gasteiger partial charge in [-0.3, -0.25) is 4.79 Å². The molecule has 3 heterocycles. The van der Waals surface area contributed by atoms with Crippen LogP contribution in [0.4, 0.5) is 5.69 Å². The lowest BCUT2D eigenvalue weighted by Gasteiger charge is -2.06. The molecule has 0 fully saturated rings. The number of hydrogen-bond donors (Lipinski definition) is 1. The molecule has 0 unspecified atom stereocenters. The number of para-hydroxylation sites is 1. The van der Waals surface area contributed by atoms with Gasteiger partial charge in [0.1, 0.15) is 11.2 Å². The van der Waals surface area contributed by atoms with E-state index in [-0.39, 0.29) is 11.7 Å². The maximum atomic E-state index is 12.9. The van der Waals surface area contributed by atoms with Crippen LogP contribution in [0.15, 0.2) is 83.5 Å². The van der Waals surface area contributed by atoms with Crippen molar-refractivity contribution in [2.45, 2.75) is 6.61 Å². The summed E-state index contributed by atoms with van der Waals surface area (Å²) in [5.41, 5.74) is 4.82. The lowest BCUT2D eigenvalue weighted by Crippen LogP contribution is -2.13. The fraction of sp³-hybridized carbons (Fsp3) is 0.0833. The van der Waals surface area contributed by atoms with Crippen LogP contribution in [0, 0.1) is 0 Å². The van der Waals surface area contributed by atoms with E-state index in [0.29, 0.717) is 17.9 Å².